The van der Waals surface area contributed by atoms with Gasteiger partial charge >= 0.3 is 7.32 Å². The monoisotopic (exact) mass is 226 g/mol. The van der Waals surface area contributed by atoms with Crippen LogP contribution in [0.25, 0.3) is 0 Å². The van der Waals surface area contributed by atoms with E-state index in [-0.39, 0.29) is 17.6 Å². The minimum Gasteiger partial charge on any atom is -0.462 e. The number of hydrogen-bond donors (Lipinski definition) is 0. The SMILES string of the molecule is CC(C)OB(OC#CC(C)(C)C)OC(C)C. The fourth-order valence-electron chi connectivity index (χ4n) is 0.763. The highest BCUT2D eigenvalue weighted by Crippen LogP contribution is 2.10. The van der Waals surface area contributed by atoms with Gasteiger partial charge in [-0.25, -0.2) is 0 Å². The van der Waals surface area contributed by atoms with Crippen molar-refractivity contribution in [2.75, 3.05) is 0 Å². The van der Waals surface area contributed by atoms with Crippen molar-refractivity contribution in [3.05, 3.63) is 0 Å². The molecule has 0 heterocycles. The zero-order valence-electron chi connectivity index (χ0n) is 11.5. The van der Waals surface area contributed by atoms with E-state index >= 15 is 0 Å². The molecule has 0 radical (unpaired) electrons. The maximum absolute atomic E-state index is 5.43. The van der Waals surface area contributed by atoms with Crippen LogP contribution in [0.5, 0.6) is 0 Å². The van der Waals surface area contributed by atoms with Crippen molar-refractivity contribution in [1.82, 2.24) is 0 Å². The van der Waals surface area contributed by atoms with Gasteiger partial charge in [-0.2, -0.15) is 0 Å². The lowest BCUT2D eigenvalue weighted by Gasteiger charge is -2.16. The first kappa shape index (κ1) is 15.3. The Bertz CT molecular complexity index is 235. The van der Waals surface area contributed by atoms with Crippen LogP contribution in [0.15, 0.2) is 0 Å². The molecule has 0 atom stereocenters. The zero-order valence-corrected chi connectivity index (χ0v) is 11.5. The summed E-state index contributed by atoms with van der Waals surface area (Å²) in [5, 5.41) is 0. The largest absolute Gasteiger partial charge is 0.722 e. The smallest absolute Gasteiger partial charge is 0.462 e. The molecule has 0 saturated heterocycles. The summed E-state index contributed by atoms with van der Waals surface area (Å²) in [5.41, 5.74) is -0.0831. The molecule has 3 nitrogen and oxygen atoms in total. The summed E-state index contributed by atoms with van der Waals surface area (Å²) in [6.45, 7) is 13.8. The average Bonchev–Trinajstić information content (AvgIpc) is 1.98. The minimum absolute atomic E-state index is 0.0418. The summed E-state index contributed by atoms with van der Waals surface area (Å²) in [6, 6.07) is 0. The number of hydrogen-bond acceptors (Lipinski definition) is 3. The third-order valence-corrected chi connectivity index (χ3v) is 1.35. The summed E-state index contributed by atoms with van der Waals surface area (Å²) in [4.78, 5) is 0. The summed E-state index contributed by atoms with van der Waals surface area (Å²) in [6.07, 6.45) is 2.72. The summed E-state index contributed by atoms with van der Waals surface area (Å²) >= 11 is 0. The van der Waals surface area contributed by atoms with Gasteiger partial charge in [-0.3, -0.25) is 0 Å². The van der Waals surface area contributed by atoms with Gasteiger partial charge in [-0.15, -0.1) is 0 Å². The Morgan fingerprint density at radius 2 is 1.38 bits per heavy atom. The van der Waals surface area contributed by atoms with Gasteiger partial charge < -0.3 is 14.0 Å². The molecule has 0 bridgehead atoms. The summed E-state index contributed by atoms with van der Waals surface area (Å²) < 4.78 is 16.1. The first-order chi connectivity index (χ1) is 7.20. The second-order valence-corrected chi connectivity index (χ2v) is 5.25. The quantitative estimate of drug-likeness (QED) is 0.532. The van der Waals surface area contributed by atoms with Gasteiger partial charge in [0.25, 0.3) is 0 Å². The van der Waals surface area contributed by atoms with Gasteiger partial charge in [0.2, 0.25) is 0 Å². The molecular formula is C12H23BO3. The Morgan fingerprint density at radius 3 is 1.69 bits per heavy atom. The van der Waals surface area contributed by atoms with Crippen LogP contribution in [0.1, 0.15) is 48.5 Å². The van der Waals surface area contributed by atoms with Gasteiger partial charge in [0, 0.05) is 17.6 Å². The van der Waals surface area contributed by atoms with E-state index in [4.69, 9.17) is 14.0 Å². The molecule has 0 fully saturated rings. The van der Waals surface area contributed by atoms with Crippen molar-refractivity contribution in [2.45, 2.75) is 60.7 Å². The van der Waals surface area contributed by atoms with Gasteiger partial charge in [0.1, 0.15) is 0 Å². The molecule has 0 spiro atoms. The van der Waals surface area contributed by atoms with E-state index in [1.807, 2.05) is 48.5 Å². The lowest BCUT2D eigenvalue weighted by Crippen LogP contribution is -2.31. The van der Waals surface area contributed by atoms with Gasteiger partial charge in [-0.1, -0.05) is 5.92 Å². The van der Waals surface area contributed by atoms with Crippen LogP contribution < -0.4 is 0 Å². The van der Waals surface area contributed by atoms with Crippen molar-refractivity contribution < 1.29 is 14.0 Å². The van der Waals surface area contributed by atoms with E-state index in [9.17, 15) is 0 Å². The third-order valence-electron chi connectivity index (χ3n) is 1.35. The summed E-state index contributed by atoms with van der Waals surface area (Å²) in [7, 11) is -0.713. The number of rotatable bonds is 5. The average molecular weight is 226 g/mol. The van der Waals surface area contributed by atoms with E-state index in [0.29, 0.717) is 0 Å². The lowest BCUT2D eigenvalue weighted by atomic mass is 9.99. The van der Waals surface area contributed by atoms with Crippen molar-refractivity contribution in [3.8, 4) is 12.0 Å². The molecule has 0 aliphatic carbocycles. The molecule has 92 valence electrons. The van der Waals surface area contributed by atoms with Crippen molar-refractivity contribution in [1.29, 1.82) is 0 Å². The molecule has 0 rings (SSSR count). The van der Waals surface area contributed by atoms with Gasteiger partial charge in [0.05, 0.1) is 6.11 Å². The Labute approximate surface area is 100 Å². The van der Waals surface area contributed by atoms with E-state index in [2.05, 4.69) is 12.0 Å². The zero-order chi connectivity index (χ0) is 12.8. The maximum atomic E-state index is 5.43. The highest BCUT2D eigenvalue weighted by atomic mass is 16.7. The van der Waals surface area contributed by atoms with Crippen LogP contribution in [0.4, 0.5) is 0 Å². The second kappa shape index (κ2) is 6.83. The van der Waals surface area contributed by atoms with Crippen LogP contribution >= 0.6 is 0 Å². The molecule has 0 N–H and O–H groups in total. The van der Waals surface area contributed by atoms with Crippen molar-refractivity contribution in [3.63, 3.8) is 0 Å². The van der Waals surface area contributed by atoms with Crippen LogP contribution in [-0.4, -0.2) is 19.5 Å². The lowest BCUT2D eigenvalue weighted by molar-refractivity contribution is 0.0779. The predicted octanol–water partition coefficient (Wildman–Crippen LogP) is 2.84. The van der Waals surface area contributed by atoms with Crippen molar-refractivity contribution in [2.24, 2.45) is 5.41 Å². The maximum Gasteiger partial charge on any atom is 0.722 e. The van der Waals surface area contributed by atoms with Gasteiger partial charge in [0.15, 0.2) is 0 Å². The fraction of sp³-hybridized carbons (Fsp3) is 0.833. The minimum atomic E-state index is -0.713. The van der Waals surface area contributed by atoms with Gasteiger partial charge in [-0.05, 0) is 48.5 Å². The van der Waals surface area contributed by atoms with E-state index in [0.717, 1.165) is 0 Å². The molecule has 0 aromatic carbocycles. The predicted molar refractivity (Wildman–Crippen MR) is 66.5 cm³/mol. The molecule has 0 aromatic rings. The Kier molecular flexibility index (Phi) is 6.55. The molecule has 0 aromatic heterocycles. The topological polar surface area (TPSA) is 27.7 Å². The van der Waals surface area contributed by atoms with E-state index in [1.54, 1.807) is 0 Å². The Balaban J connectivity index is 4.24. The molecular weight excluding hydrogens is 203 g/mol. The van der Waals surface area contributed by atoms with Crippen LogP contribution in [0, 0.1) is 17.4 Å². The highest BCUT2D eigenvalue weighted by Gasteiger charge is 2.26. The third kappa shape index (κ3) is 9.88. The standard InChI is InChI=1S/C12H23BO3/c1-10(2)15-13(16-11(3)4)14-9-8-12(5,6)7/h10-11H,1-7H3. The molecule has 0 saturated carbocycles. The first-order valence-corrected chi connectivity index (χ1v) is 5.69. The normalized spacial score (nSPS) is 11.3. The summed E-state index contributed by atoms with van der Waals surface area (Å²) in [5.74, 6) is 2.97. The molecule has 16 heavy (non-hydrogen) atoms. The van der Waals surface area contributed by atoms with E-state index < -0.39 is 7.32 Å². The first-order valence-electron chi connectivity index (χ1n) is 5.69. The van der Waals surface area contributed by atoms with Crippen LogP contribution in [0.3, 0.4) is 0 Å². The Morgan fingerprint density at radius 1 is 0.938 bits per heavy atom. The Hall–Kier alpha value is -0.655. The molecule has 0 aliphatic rings. The van der Waals surface area contributed by atoms with E-state index in [1.165, 1.54) is 0 Å². The van der Waals surface area contributed by atoms with Crippen LogP contribution in [-0.2, 0) is 14.0 Å². The second-order valence-electron chi connectivity index (χ2n) is 5.25. The molecule has 0 aliphatic heterocycles. The molecule has 4 heteroatoms. The van der Waals surface area contributed by atoms with Crippen LogP contribution in [0.2, 0.25) is 0 Å². The molecule has 0 unspecified atom stereocenters. The van der Waals surface area contributed by atoms with Crippen molar-refractivity contribution >= 4 is 7.32 Å². The highest BCUT2D eigenvalue weighted by molar-refractivity contribution is 6.36. The fourth-order valence-corrected chi connectivity index (χ4v) is 0.763. The molecule has 0 amide bonds.